The molecule has 0 bridgehead atoms. The molecule has 3 nitrogen and oxygen atoms in total. The second kappa shape index (κ2) is 8.99. The molecule has 4 heteroatoms. The number of hydrogen-bond donors (Lipinski definition) is 1. The number of benzene rings is 4. The van der Waals surface area contributed by atoms with Crippen molar-refractivity contribution >= 4 is 17.4 Å². The number of hydrogen-bond acceptors (Lipinski definition) is 3. The fraction of sp³-hybridized carbons (Fsp3) is 0.107. The minimum Gasteiger partial charge on any atom is -0.340 e. The lowest BCUT2D eigenvalue weighted by atomic mass is 10.0. The highest BCUT2D eigenvalue weighted by molar-refractivity contribution is 6.30. The van der Waals surface area contributed by atoms with Gasteiger partial charge in [0.1, 0.15) is 18.2 Å². The Morgan fingerprint density at radius 3 is 2.00 bits per heavy atom. The summed E-state index contributed by atoms with van der Waals surface area (Å²) in [5.74, 6) is 0.969. The van der Waals surface area contributed by atoms with Gasteiger partial charge in [-0.25, -0.2) is 4.99 Å². The van der Waals surface area contributed by atoms with Gasteiger partial charge in [-0.1, -0.05) is 103 Å². The molecule has 4 aromatic rings. The van der Waals surface area contributed by atoms with Gasteiger partial charge in [-0.3, -0.25) is 5.32 Å². The summed E-state index contributed by atoms with van der Waals surface area (Å²) in [4.78, 5) is 7.35. The molecule has 0 saturated carbocycles. The molecule has 5 rings (SSSR count). The molecule has 32 heavy (non-hydrogen) atoms. The molecule has 1 aliphatic rings. The maximum absolute atomic E-state index is 6.23. The largest absolute Gasteiger partial charge is 0.340 e. The molecule has 4 aromatic carbocycles. The Morgan fingerprint density at radius 1 is 0.688 bits per heavy atom. The lowest BCUT2D eigenvalue weighted by molar-refractivity contribution is 0.257. The zero-order chi connectivity index (χ0) is 21.9. The third-order valence-electron chi connectivity index (χ3n) is 5.80. The monoisotopic (exact) mass is 437 g/mol. The maximum Gasteiger partial charge on any atom is 0.134 e. The zero-order valence-corrected chi connectivity index (χ0v) is 18.6. The molecular formula is C28H24ClN3. The Labute approximate surface area is 194 Å². The lowest BCUT2D eigenvalue weighted by Gasteiger charge is -2.39. The van der Waals surface area contributed by atoms with Gasteiger partial charge in [0.2, 0.25) is 0 Å². The van der Waals surface area contributed by atoms with Crippen molar-refractivity contribution in [2.75, 3.05) is 7.05 Å². The number of amidine groups is 1. The average Bonchev–Trinajstić information content (AvgIpc) is 2.85. The molecule has 2 unspecified atom stereocenters. The summed E-state index contributed by atoms with van der Waals surface area (Å²) in [5.41, 5.74) is 5.64. The molecule has 0 amide bonds. The van der Waals surface area contributed by atoms with Gasteiger partial charge < -0.3 is 4.90 Å². The van der Waals surface area contributed by atoms with E-state index in [1.807, 2.05) is 30.3 Å². The molecule has 1 aliphatic heterocycles. The molecular weight excluding hydrogens is 414 g/mol. The first-order valence-corrected chi connectivity index (χ1v) is 11.1. The van der Waals surface area contributed by atoms with Crippen LogP contribution in [0, 0.1) is 0 Å². The Balaban J connectivity index is 1.58. The van der Waals surface area contributed by atoms with Crippen LogP contribution in [0.5, 0.6) is 0 Å². The summed E-state index contributed by atoms with van der Waals surface area (Å²) in [5, 5.41) is 4.47. The fourth-order valence-electron chi connectivity index (χ4n) is 4.18. The van der Waals surface area contributed by atoms with E-state index in [0.29, 0.717) is 0 Å². The minimum absolute atomic E-state index is 0.00346. The third-order valence-corrected chi connectivity index (χ3v) is 6.03. The van der Waals surface area contributed by atoms with E-state index in [2.05, 4.69) is 96.1 Å². The van der Waals surface area contributed by atoms with Gasteiger partial charge in [0.25, 0.3) is 0 Å². The Morgan fingerprint density at radius 2 is 1.28 bits per heavy atom. The van der Waals surface area contributed by atoms with Crippen LogP contribution in [-0.4, -0.2) is 17.8 Å². The summed E-state index contributed by atoms with van der Waals surface area (Å²) >= 11 is 6.23. The molecule has 1 heterocycles. The molecule has 2 atom stereocenters. The fourth-order valence-corrected chi connectivity index (χ4v) is 4.37. The third kappa shape index (κ3) is 4.18. The Hall–Kier alpha value is -3.40. The molecule has 0 spiro atoms. The normalized spacial score (nSPS) is 18.3. The van der Waals surface area contributed by atoms with E-state index in [9.17, 15) is 0 Å². The SMILES string of the molecule is CN1C(c2ccccc2)=NC(c2cccc(-c3cccc(Cl)c3)c2)NC1c1ccccc1. The van der Waals surface area contributed by atoms with Gasteiger partial charge in [0.05, 0.1) is 0 Å². The molecule has 0 saturated heterocycles. The van der Waals surface area contributed by atoms with Gasteiger partial charge in [0, 0.05) is 17.6 Å². The van der Waals surface area contributed by atoms with Crippen molar-refractivity contribution in [2.45, 2.75) is 12.3 Å². The van der Waals surface area contributed by atoms with E-state index in [1.54, 1.807) is 0 Å². The topological polar surface area (TPSA) is 27.6 Å². The number of halogens is 1. The predicted octanol–water partition coefficient (Wildman–Crippen LogP) is 6.69. The van der Waals surface area contributed by atoms with E-state index < -0.39 is 0 Å². The smallest absolute Gasteiger partial charge is 0.134 e. The van der Waals surface area contributed by atoms with Crippen LogP contribution in [0.25, 0.3) is 11.1 Å². The summed E-state index contributed by atoms with van der Waals surface area (Å²) in [6.07, 6.45) is -0.172. The number of nitrogens with zero attached hydrogens (tertiary/aromatic N) is 2. The Bertz CT molecular complexity index is 1240. The van der Waals surface area contributed by atoms with E-state index >= 15 is 0 Å². The number of aliphatic imine (C=N–C) groups is 1. The standard InChI is InChI=1S/C28H24ClN3/c1-32-27(20-10-4-2-5-11-20)30-26(31-28(32)21-12-6-3-7-13-21)24-16-8-14-22(18-24)23-15-9-17-25(29)19-23/h2-19,26-27,30H,1H3. The molecule has 1 N–H and O–H groups in total. The zero-order valence-electron chi connectivity index (χ0n) is 17.8. The second-order valence-electron chi connectivity index (χ2n) is 7.95. The van der Waals surface area contributed by atoms with Crippen LogP contribution in [0.1, 0.15) is 29.0 Å². The van der Waals surface area contributed by atoms with Crippen LogP contribution in [0.3, 0.4) is 0 Å². The first kappa shape index (κ1) is 20.5. The molecule has 0 radical (unpaired) electrons. The van der Waals surface area contributed by atoms with Crippen LogP contribution in [-0.2, 0) is 0 Å². The van der Waals surface area contributed by atoms with Gasteiger partial charge in [-0.15, -0.1) is 0 Å². The van der Waals surface area contributed by atoms with Crippen molar-refractivity contribution in [3.8, 4) is 11.1 Å². The van der Waals surface area contributed by atoms with E-state index in [0.717, 1.165) is 33.1 Å². The highest BCUT2D eigenvalue weighted by Gasteiger charge is 2.30. The summed E-state index contributed by atoms with van der Waals surface area (Å²) < 4.78 is 0. The molecule has 0 aromatic heterocycles. The van der Waals surface area contributed by atoms with Crippen LogP contribution >= 0.6 is 11.6 Å². The number of nitrogens with one attached hydrogen (secondary N) is 1. The predicted molar refractivity (Wildman–Crippen MR) is 133 cm³/mol. The molecule has 0 aliphatic carbocycles. The first-order chi connectivity index (χ1) is 15.7. The number of rotatable bonds is 4. The van der Waals surface area contributed by atoms with Crippen LogP contribution in [0.15, 0.2) is 114 Å². The van der Waals surface area contributed by atoms with Crippen molar-refractivity contribution in [3.63, 3.8) is 0 Å². The second-order valence-corrected chi connectivity index (χ2v) is 8.38. The van der Waals surface area contributed by atoms with Crippen LogP contribution in [0.4, 0.5) is 0 Å². The summed E-state index contributed by atoms with van der Waals surface area (Å²) in [7, 11) is 2.09. The van der Waals surface area contributed by atoms with E-state index in [-0.39, 0.29) is 12.3 Å². The quantitative estimate of drug-likeness (QED) is 0.385. The van der Waals surface area contributed by atoms with Crippen LogP contribution in [0.2, 0.25) is 5.02 Å². The van der Waals surface area contributed by atoms with E-state index in [1.165, 1.54) is 5.56 Å². The Kier molecular flexibility index (Phi) is 5.76. The molecule has 158 valence electrons. The highest BCUT2D eigenvalue weighted by Crippen LogP contribution is 2.32. The van der Waals surface area contributed by atoms with E-state index in [4.69, 9.17) is 16.6 Å². The van der Waals surface area contributed by atoms with Crippen molar-refractivity contribution < 1.29 is 0 Å². The van der Waals surface area contributed by atoms with Crippen molar-refractivity contribution in [3.05, 3.63) is 131 Å². The van der Waals surface area contributed by atoms with Gasteiger partial charge in [0.15, 0.2) is 0 Å². The summed E-state index contributed by atoms with van der Waals surface area (Å²) in [6.45, 7) is 0. The van der Waals surface area contributed by atoms with Crippen molar-refractivity contribution in [2.24, 2.45) is 4.99 Å². The minimum atomic E-state index is -0.175. The average molecular weight is 438 g/mol. The molecule has 0 fully saturated rings. The lowest BCUT2D eigenvalue weighted by Crippen LogP contribution is -2.46. The van der Waals surface area contributed by atoms with Crippen molar-refractivity contribution in [1.29, 1.82) is 0 Å². The maximum atomic E-state index is 6.23. The van der Waals surface area contributed by atoms with Gasteiger partial charge in [-0.05, 0) is 40.5 Å². The van der Waals surface area contributed by atoms with Crippen LogP contribution < -0.4 is 5.32 Å². The highest BCUT2D eigenvalue weighted by atomic mass is 35.5. The first-order valence-electron chi connectivity index (χ1n) is 10.7. The van der Waals surface area contributed by atoms with Crippen molar-refractivity contribution in [1.82, 2.24) is 10.2 Å². The van der Waals surface area contributed by atoms with Gasteiger partial charge >= 0.3 is 0 Å². The van der Waals surface area contributed by atoms with Gasteiger partial charge in [-0.2, -0.15) is 0 Å². The summed E-state index contributed by atoms with van der Waals surface area (Å²) in [6, 6.07) is 37.4.